The van der Waals surface area contributed by atoms with Gasteiger partial charge in [0.15, 0.2) is 32.6 Å². The van der Waals surface area contributed by atoms with Gasteiger partial charge >= 0.3 is 10.1 Å². The molecule has 8 N–H and O–H groups in total. The predicted octanol–water partition coefficient (Wildman–Crippen LogP) is 5.30. The molecule has 0 amide bonds. The summed E-state index contributed by atoms with van der Waals surface area (Å²) in [6.45, 7) is 1.55. The Kier molecular flexibility index (Phi) is 7.70. The number of anilines is 4. The Bertz CT molecular complexity index is 2630. The number of hydrogen-bond donors (Lipinski definition) is 6. The standard InChI is InChI=1S/C25H16BrCl2N5O11S3/c1-7-4-8(26)10(30)5-12(7)32-17-14(45(34,35)36)6-13-21(25(17)47(40,41)42)44-23-15(27)18-22(16(28)19(23)33-13)43-20-11(31-18)3-2-9(29)24(20)46(37,38)39/h2-6,31H,29-30H2,1H3,(H,34,35,36)(H,37,38,39)(H,40,41,42). The molecule has 3 aromatic rings. The minimum absolute atomic E-state index is 0.0336. The first-order valence-electron chi connectivity index (χ1n) is 12.4. The van der Waals surface area contributed by atoms with Gasteiger partial charge in [0.1, 0.15) is 37.2 Å². The summed E-state index contributed by atoms with van der Waals surface area (Å²) in [6.07, 6.45) is 0. The van der Waals surface area contributed by atoms with E-state index in [-0.39, 0.29) is 44.7 Å². The zero-order valence-electron chi connectivity index (χ0n) is 22.9. The zero-order chi connectivity index (χ0) is 34.5. The van der Waals surface area contributed by atoms with E-state index in [0.717, 1.165) is 6.07 Å². The van der Waals surface area contributed by atoms with Crippen LogP contribution in [0, 0.1) is 6.92 Å². The molecule has 3 aromatic carbocycles. The van der Waals surface area contributed by atoms with Gasteiger partial charge in [-0.15, -0.1) is 0 Å². The van der Waals surface area contributed by atoms with Crippen LogP contribution in [0.15, 0.2) is 58.9 Å². The Morgan fingerprint density at radius 2 is 1.55 bits per heavy atom. The van der Waals surface area contributed by atoms with Crippen molar-refractivity contribution < 1.29 is 48.1 Å². The Morgan fingerprint density at radius 1 is 0.894 bits per heavy atom. The molecule has 3 aliphatic rings. The smallest absolute Gasteiger partial charge is 0.300 e. The number of rotatable bonds is 4. The van der Waals surface area contributed by atoms with E-state index < -0.39 is 78.2 Å². The fraction of sp³-hybridized carbons (Fsp3) is 0.0400. The Labute approximate surface area is 282 Å². The molecule has 0 aromatic heterocycles. The molecule has 47 heavy (non-hydrogen) atoms. The van der Waals surface area contributed by atoms with E-state index in [1.54, 1.807) is 6.92 Å². The molecule has 2 heterocycles. The van der Waals surface area contributed by atoms with E-state index in [0.29, 0.717) is 16.1 Å². The number of nitrogens with two attached hydrogens (primary N) is 2. The maximum atomic E-state index is 12.9. The quantitative estimate of drug-likeness (QED) is 0.0749. The van der Waals surface area contributed by atoms with Crippen LogP contribution in [0.25, 0.3) is 22.6 Å². The first kappa shape index (κ1) is 33.2. The summed E-state index contributed by atoms with van der Waals surface area (Å²) in [6, 6.07) is 5.99. The molecule has 0 radical (unpaired) electrons. The van der Waals surface area contributed by atoms with Crippen molar-refractivity contribution in [2.24, 2.45) is 4.99 Å². The van der Waals surface area contributed by atoms with Crippen LogP contribution in [-0.4, -0.2) is 43.9 Å². The van der Waals surface area contributed by atoms with Gasteiger partial charge in [0.2, 0.25) is 0 Å². The SMILES string of the molecule is Cc1cc(Br)c(N)cc1N=c1c(S(=O)(=O)O)cc2nc3c(Cl)c4c(c(Cl)c3oc-2c1S(=O)(=O)O)Nc1ccc(N)c(S(=O)(=O)O)c1O4. The molecule has 2 aliphatic heterocycles. The van der Waals surface area contributed by atoms with Crippen LogP contribution in [0.4, 0.5) is 28.4 Å². The largest absolute Gasteiger partial charge is 0.450 e. The minimum atomic E-state index is -5.42. The van der Waals surface area contributed by atoms with Crippen LogP contribution in [0.1, 0.15) is 5.56 Å². The lowest BCUT2D eigenvalue weighted by atomic mass is 10.1. The highest BCUT2D eigenvalue weighted by atomic mass is 79.9. The second kappa shape index (κ2) is 10.9. The Hall–Kier alpha value is -3.73. The van der Waals surface area contributed by atoms with Gasteiger partial charge in [-0.2, -0.15) is 25.3 Å². The third-order valence-corrected chi connectivity index (χ3v) is 10.9. The van der Waals surface area contributed by atoms with Crippen molar-refractivity contribution >= 4 is 109 Å². The number of nitrogens with zero attached hydrogens (tertiary/aromatic N) is 2. The van der Waals surface area contributed by atoms with Crippen molar-refractivity contribution in [3.8, 4) is 23.0 Å². The molecule has 0 unspecified atom stereocenters. The topological polar surface area (TPSA) is 275 Å². The summed E-state index contributed by atoms with van der Waals surface area (Å²) in [5.74, 6) is -1.54. The molecule has 1 aliphatic carbocycles. The van der Waals surface area contributed by atoms with Gasteiger partial charge in [0.05, 0.1) is 17.1 Å². The molecule has 0 fully saturated rings. The van der Waals surface area contributed by atoms with Gasteiger partial charge in [-0.25, -0.2) is 9.98 Å². The maximum Gasteiger partial charge on any atom is 0.300 e. The lowest BCUT2D eigenvalue weighted by Gasteiger charge is -2.26. The average Bonchev–Trinajstić information content (AvgIpc) is 2.94. The first-order valence-corrected chi connectivity index (χ1v) is 18.3. The first-order chi connectivity index (χ1) is 21.7. The summed E-state index contributed by atoms with van der Waals surface area (Å²) in [4.78, 5) is 5.25. The van der Waals surface area contributed by atoms with Crippen molar-refractivity contribution in [1.82, 2.24) is 4.98 Å². The van der Waals surface area contributed by atoms with E-state index in [1.165, 1.54) is 18.2 Å². The number of ether oxygens (including phenoxy) is 1. The summed E-state index contributed by atoms with van der Waals surface area (Å²) < 4.78 is 117. The van der Waals surface area contributed by atoms with Crippen LogP contribution in [0.5, 0.6) is 11.5 Å². The number of aryl methyl sites for hydroxylation is 1. The summed E-state index contributed by atoms with van der Waals surface area (Å²) in [5.41, 5.74) is 10.3. The van der Waals surface area contributed by atoms with Crippen LogP contribution in [-0.2, 0) is 30.4 Å². The molecule has 0 spiro atoms. The van der Waals surface area contributed by atoms with Crippen LogP contribution < -0.4 is 26.9 Å². The van der Waals surface area contributed by atoms with Gasteiger partial charge < -0.3 is 25.9 Å². The van der Waals surface area contributed by atoms with Gasteiger partial charge in [-0.05, 0) is 58.7 Å². The third-order valence-electron chi connectivity index (χ3n) is 6.81. The monoisotopic (exact) mass is 807 g/mol. The molecule has 16 nitrogen and oxygen atoms in total. The lowest BCUT2D eigenvalue weighted by Crippen LogP contribution is -2.24. The molecule has 6 rings (SSSR count). The number of halogens is 3. The second-order valence-electron chi connectivity index (χ2n) is 9.91. The molecular weight excluding hydrogens is 793 g/mol. The Balaban J connectivity index is 1.74. The van der Waals surface area contributed by atoms with Gasteiger partial charge in [-0.1, -0.05) is 23.2 Å². The van der Waals surface area contributed by atoms with Crippen molar-refractivity contribution in [1.29, 1.82) is 0 Å². The van der Waals surface area contributed by atoms with E-state index in [1.807, 2.05) is 0 Å². The minimum Gasteiger partial charge on any atom is -0.450 e. The lowest BCUT2D eigenvalue weighted by molar-refractivity contribution is 0.449. The van der Waals surface area contributed by atoms with E-state index in [2.05, 4.69) is 31.2 Å². The molecule has 0 bridgehead atoms. The van der Waals surface area contributed by atoms with Gasteiger partial charge in [-0.3, -0.25) is 13.7 Å². The number of fused-ring (bicyclic) bond motifs is 4. The highest BCUT2D eigenvalue weighted by molar-refractivity contribution is 9.10. The highest BCUT2D eigenvalue weighted by Gasteiger charge is 2.36. The van der Waals surface area contributed by atoms with Crippen LogP contribution in [0.3, 0.4) is 0 Å². The molecule has 22 heteroatoms. The summed E-state index contributed by atoms with van der Waals surface area (Å²) >= 11 is 16.5. The second-order valence-corrected chi connectivity index (χ2v) is 15.6. The Morgan fingerprint density at radius 3 is 2.17 bits per heavy atom. The maximum absolute atomic E-state index is 12.9. The number of benzene rings is 4. The zero-order valence-corrected chi connectivity index (χ0v) is 28.4. The number of nitrogens with one attached hydrogen (secondary N) is 1. The summed E-state index contributed by atoms with van der Waals surface area (Å²) in [5, 5.41) is 1.09. The number of aromatic nitrogens is 1. The molecule has 0 saturated carbocycles. The summed E-state index contributed by atoms with van der Waals surface area (Å²) in [7, 11) is -15.6. The van der Waals surface area contributed by atoms with E-state index in [4.69, 9.17) is 43.8 Å². The number of nitrogen functional groups attached to an aromatic ring is 2. The fourth-order valence-electron chi connectivity index (χ4n) is 4.77. The van der Waals surface area contributed by atoms with E-state index in [9.17, 15) is 38.9 Å². The molecule has 0 saturated heterocycles. The van der Waals surface area contributed by atoms with Crippen LogP contribution >= 0.6 is 39.1 Å². The van der Waals surface area contributed by atoms with Gasteiger partial charge in [0, 0.05) is 10.2 Å². The predicted molar refractivity (Wildman–Crippen MR) is 173 cm³/mol. The van der Waals surface area contributed by atoms with Gasteiger partial charge in [0.25, 0.3) is 20.2 Å². The van der Waals surface area contributed by atoms with Crippen molar-refractivity contribution in [2.45, 2.75) is 21.6 Å². The normalized spacial score (nSPS) is 13.7. The molecular formula is C25H16BrCl2N5O11S3. The van der Waals surface area contributed by atoms with E-state index >= 15 is 0 Å². The third kappa shape index (κ3) is 5.54. The average molecular weight is 809 g/mol. The van der Waals surface area contributed by atoms with Crippen molar-refractivity contribution in [2.75, 3.05) is 16.8 Å². The van der Waals surface area contributed by atoms with Crippen molar-refractivity contribution in [3.05, 3.63) is 55.8 Å². The van der Waals surface area contributed by atoms with Crippen LogP contribution in [0.2, 0.25) is 10.0 Å². The highest BCUT2D eigenvalue weighted by Crippen LogP contribution is 2.55. The molecule has 0 atom stereocenters. The van der Waals surface area contributed by atoms with Crippen molar-refractivity contribution in [3.63, 3.8) is 0 Å². The number of hydrogen-bond acceptors (Lipinski definition) is 13. The fourth-order valence-corrected chi connectivity index (χ4v) is 8.00. The molecule has 246 valence electrons.